The van der Waals surface area contributed by atoms with E-state index < -0.39 is 0 Å². The Morgan fingerprint density at radius 3 is 1.87 bits per heavy atom. The molecular weight excluding hydrogens is 382 g/mol. The number of amides is 1. The Hall–Kier alpha value is -1.06. The first kappa shape index (κ1) is 28.0. The third kappa shape index (κ3) is 16.3. The molecule has 1 rings (SSSR count). The van der Waals surface area contributed by atoms with Crippen molar-refractivity contribution in [1.82, 2.24) is 10.2 Å². The molecule has 182 valence electrons. The molecule has 1 aliphatic rings. The molecule has 0 aromatic heterocycles. The minimum atomic E-state index is 0.226. The summed E-state index contributed by atoms with van der Waals surface area (Å²) in [4.78, 5) is 19.2. The van der Waals surface area contributed by atoms with Crippen LogP contribution in [-0.2, 0) is 4.79 Å². The fourth-order valence-electron chi connectivity index (χ4n) is 4.44. The van der Waals surface area contributed by atoms with Crippen LogP contribution >= 0.6 is 0 Å². The monoisotopic (exact) mass is 435 g/mol. The van der Waals surface area contributed by atoms with E-state index in [0.717, 1.165) is 39.0 Å². The molecule has 0 bridgehead atoms. The highest BCUT2D eigenvalue weighted by Gasteiger charge is 2.16. The van der Waals surface area contributed by atoms with Gasteiger partial charge >= 0.3 is 0 Å². The maximum Gasteiger partial charge on any atom is 0.220 e. The molecule has 0 saturated heterocycles. The van der Waals surface area contributed by atoms with Gasteiger partial charge in [0.05, 0.1) is 12.4 Å². The second kappa shape index (κ2) is 20.8. The molecule has 4 nitrogen and oxygen atoms in total. The van der Waals surface area contributed by atoms with Crippen LogP contribution in [-0.4, -0.2) is 42.8 Å². The minimum absolute atomic E-state index is 0.226. The van der Waals surface area contributed by atoms with E-state index >= 15 is 0 Å². The van der Waals surface area contributed by atoms with Crippen LogP contribution in [0, 0.1) is 0 Å². The number of carbonyl (C=O) groups excluding carboxylic acids is 1. The van der Waals surface area contributed by atoms with Crippen molar-refractivity contribution in [2.75, 3.05) is 26.2 Å². The lowest BCUT2D eigenvalue weighted by atomic mass is 10.1. The number of rotatable bonds is 22. The molecule has 1 heterocycles. The lowest BCUT2D eigenvalue weighted by Gasteiger charge is -2.20. The van der Waals surface area contributed by atoms with Crippen LogP contribution < -0.4 is 5.32 Å². The number of hydrogen-bond acceptors (Lipinski definition) is 3. The summed E-state index contributed by atoms with van der Waals surface area (Å²) in [6.07, 6.45) is 24.4. The third-order valence-corrected chi connectivity index (χ3v) is 6.49. The average Bonchev–Trinajstić information content (AvgIpc) is 3.21. The van der Waals surface area contributed by atoms with Gasteiger partial charge in [0, 0.05) is 32.5 Å². The molecule has 4 heteroatoms. The van der Waals surface area contributed by atoms with E-state index in [2.05, 4.69) is 24.1 Å². The summed E-state index contributed by atoms with van der Waals surface area (Å²) in [7, 11) is 0. The number of nitrogens with one attached hydrogen (secondary N) is 1. The van der Waals surface area contributed by atoms with Gasteiger partial charge in [-0.2, -0.15) is 0 Å². The molecule has 1 amide bonds. The van der Waals surface area contributed by atoms with Crippen LogP contribution in [0.25, 0.3) is 0 Å². The van der Waals surface area contributed by atoms with E-state index in [9.17, 15) is 4.79 Å². The zero-order chi connectivity index (χ0) is 22.4. The van der Waals surface area contributed by atoms with Crippen molar-refractivity contribution in [2.24, 2.45) is 4.99 Å². The Morgan fingerprint density at radius 1 is 0.774 bits per heavy atom. The van der Waals surface area contributed by atoms with Gasteiger partial charge in [-0.1, -0.05) is 110 Å². The quantitative estimate of drug-likeness (QED) is 0.182. The highest BCUT2D eigenvalue weighted by molar-refractivity contribution is 5.83. The Balaban J connectivity index is 1.94. The largest absolute Gasteiger partial charge is 0.357 e. The van der Waals surface area contributed by atoms with Crippen molar-refractivity contribution >= 4 is 11.7 Å². The normalized spacial score (nSPS) is 13.6. The maximum atomic E-state index is 12.1. The SMILES string of the molecule is CCCCCCCCCCCC(=O)NCCN1CCN=C1CCCCCCCCCC. The molecule has 31 heavy (non-hydrogen) atoms. The molecule has 0 aromatic carbocycles. The highest BCUT2D eigenvalue weighted by atomic mass is 16.1. The van der Waals surface area contributed by atoms with Gasteiger partial charge in [0.1, 0.15) is 0 Å². The Labute approximate surface area is 194 Å². The molecular formula is C27H53N3O. The fourth-order valence-corrected chi connectivity index (χ4v) is 4.44. The van der Waals surface area contributed by atoms with Crippen molar-refractivity contribution in [2.45, 2.75) is 136 Å². The van der Waals surface area contributed by atoms with E-state index in [1.54, 1.807) is 0 Å². The van der Waals surface area contributed by atoms with Crippen molar-refractivity contribution in [3.8, 4) is 0 Å². The zero-order valence-corrected chi connectivity index (χ0v) is 21.1. The van der Waals surface area contributed by atoms with Crippen LogP contribution in [0.4, 0.5) is 0 Å². The molecule has 1 N–H and O–H groups in total. The summed E-state index contributed by atoms with van der Waals surface area (Å²) >= 11 is 0. The van der Waals surface area contributed by atoms with Crippen LogP contribution in [0.15, 0.2) is 4.99 Å². The summed E-state index contributed by atoms with van der Waals surface area (Å²) in [5.41, 5.74) is 0. The van der Waals surface area contributed by atoms with Gasteiger partial charge < -0.3 is 10.2 Å². The van der Waals surface area contributed by atoms with Gasteiger partial charge in [-0.25, -0.2) is 0 Å². The summed E-state index contributed by atoms with van der Waals surface area (Å²) in [6.45, 7) is 8.17. The Morgan fingerprint density at radius 2 is 1.29 bits per heavy atom. The average molecular weight is 436 g/mol. The highest BCUT2D eigenvalue weighted by Crippen LogP contribution is 2.13. The second-order valence-corrected chi connectivity index (χ2v) is 9.44. The number of carbonyl (C=O) groups is 1. The number of unbranched alkanes of at least 4 members (excludes halogenated alkanes) is 15. The van der Waals surface area contributed by atoms with Crippen molar-refractivity contribution in [3.63, 3.8) is 0 Å². The van der Waals surface area contributed by atoms with Crippen molar-refractivity contribution in [1.29, 1.82) is 0 Å². The van der Waals surface area contributed by atoms with E-state index in [4.69, 9.17) is 4.99 Å². The molecule has 1 aliphatic heterocycles. The van der Waals surface area contributed by atoms with Crippen molar-refractivity contribution < 1.29 is 4.79 Å². The lowest BCUT2D eigenvalue weighted by molar-refractivity contribution is -0.121. The predicted octanol–water partition coefficient (Wildman–Crippen LogP) is 7.27. The smallest absolute Gasteiger partial charge is 0.220 e. The lowest BCUT2D eigenvalue weighted by Crippen LogP contribution is -2.36. The topological polar surface area (TPSA) is 44.7 Å². The number of aliphatic imine (C=N–C) groups is 1. The molecule has 0 radical (unpaired) electrons. The first-order valence-corrected chi connectivity index (χ1v) is 13.8. The Kier molecular flexibility index (Phi) is 18.8. The Bertz CT molecular complexity index is 450. The molecule has 0 aliphatic carbocycles. The van der Waals surface area contributed by atoms with Gasteiger partial charge in [-0.3, -0.25) is 9.79 Å². The van der Waals surface area contributed by atoms with Crippen LogP contribution in [0.5, 0.6) is 0 Å². The summed E-state index contributed by atoms with van der Waals surface area (Å²) in [5.74, 6) is 1.50. The molecule has 0 atom stereocenters. The molecule has 0 saturated carbocycles. The van der Waals surface area contributed by atoms with Gasteiger partial charge in [0.25, 0.3) is 0 Å². The number of hydrogen-bond donors (Lipinski definition) is 1. The van der Waals surface area contributed by atoms with Gasteiger partial charge in [0.2, 0.25) is 5.91 Å². The third-order valence-electron chi connectivity index (χ3n) is 6.49. The standard InChI is InChI=1S/C27H53N3O/c1-3-5-7-9-11-13-15-17-19-21-27(31)29-23-25-30-24-22-28-26(30)20-18-16-14-12-10-8-6-4-2/h3-25H2,1-2H3,(H,29,31). The van der Waals surface area contributed by atoms with E-state index in [1.165, 1.54) is 109 Å². The zero-order valence-electron chi connectivity index (χ0n) is 21.1. The van der Waals surface area contributed by atoms with Crippen LogP contribution in [0.1, 0.15) is 136 Å². The second-order valence-electron chi connectivity index (χ2n) is 9.44. The minimum Gasteiger partial charge on any atom is -0.357 e. The van der Waals surface area contributed by atoms with E-state index in [0.29, 0.717) is 6.42 Å². The van der Waals surface area contributed by atoms with Gasteiger partial charge in [0.15, 0.2) is 0 Å². The van der Waals surface area contributed by atoms with Crippen LogP contribution in [0.2, 0.25) is 0 Å². The number of amidine groups is 1. The molecule has 0 aromatic rings. The van der Waals surface area contributed by atoms with Gasteiger partial charge in [-0.15, -0.1) is 0 Å². The summed E-state index contributed by atoms with van der Waals surface area (Å²) in [5, 5.41) is 3.12. The predicted molar refractivity (Wildman–Crippen MR) is 136 cm³/mol. The number of nitrogens with zero attached hydrogens (tertiary/aromatic N) is 2. The fraction of sp³-hybridized carbons (Fsp3) is 0.926. The first-order valence-electron chi connectivity index (χ1n) is 13.8. The van der Waals surface area contributed by atoms with Crippen molar-refractivity contribution in [3.05, 3.63) is 0 Å². The first-order chi connectivity index (χ1) is 15.3. The van der Waals surface area contributed by atoms with E-state index in [1.807, 2.05) is 0 Å². The summed E-state index contributed by atoms with van der Waals surface area (Å²) in [6, 6.07) is 0. The van der Waals surface area contributed by atoms with Gasteiger partial charge in [-0.05, 0) is 12.8 Å². The summed E-state index contributed by atoms with van der Waals surface area (Å²) < 4.78 is 0. The van der Waals surface area contributed by atoms with E-state index in [-0.39, 0.29) is 5.91 Å². The molecule has 0 unspecified atom stereocenters. The molecule has 0 spiro atoms. The molecule has 0 fully saturated rings. The van der Waals surface area contributed by atoms with Crippen LogP contribution in [0.3, 0.4) is 0 Å². The maximum absolute atomic E-state index is 12.1.